The van der Waals surface area contributed by atoms with Crippen molar-refractivity contribution in [2.45, 2.75) is 26.2 Å². The second-order valence-corrected chi connectivity index (χ2v) is 4.03. The van der Waals surface area contributed by atoms with E-state index in [9.17, 15) is 13.6 Å². The Kier molecular flexibility index (Phi) is 2.79. The second-order valence-electron chi connectivity index (χ2n) is 4.03. The van der Waals surface area contributed by atoms with Gasteiger partial charge in [-0.05, 0) is 38.5 Å². The van der Waals surface area contributed by atoms with Crippen LogP contribution in [0.25, 0.3) is 0 Å². The summed E-state index contributed by atoms with van der Waals surface area (Å²) in [6.07, 6.45) is 0. The maximum Gasteiger partial charge on any atom is 0.313 e. The Bertz CT molecular complexity index is 388. The Balaban J connectivity index is 3.44. The molecule has 0 heterocycles. The molecule has 0 amide bonds. The molecule has 0 radical (unpaired) electrons. The van der Waals surface area contributed by atoms with Gasteiger partial charge in [0, 0.05) is 5.56 Å². The average Bonchev–Trinajstić information content (AvgIpc) is 2.00. The van der Waals surface area contributed by atoms with E-state index in [1.807, 2.05) is 0 Å². The number of aliphatic carboxylic acids is 1. The van der Waals surface area contributed by atoms with Gasteiger partial charge in [-0.2, -0.15) is 0 Å². The Hall–Kier alpha value is -1.45. The number of carboxylic acid groups (broad SMARTS) is 1. The van der Waals surface area contributed by atoms with E-state index in [-0.39, 0.29) is 0 Å². The fraction of sp³-hybridized carbons (Fsp3) is 0.364. The quantitative estimate of drug-likeness (QED) is 0.821. The number of carbonyl (C=O) groups is 1. The molecule has 0 aliphatic carbocycles. The second kappa shape index (κ2) is 3.61. The van der Waals surface area contributed by atoms with E-state index in [4.69, 9.17) is 5.11 Å². The number of hydrogen-bond acceptors (Lipinski definition) is 1. The molecule has 0 aliphatic rings. The van der Waals surface area contributed by atoms with Crippen molar-refractivity contribution in [1.82, 2.24) is 0 Å². The largest absolute Gasteiger partial charge is 0.481 e. The third kappa shape index (κ3) is 1.98. The summed E-state index contributed by atoms with van der Waals surface area (Å²) >= 11 is 0. The van der Waals surface area contributed by atoms with Crippen molar-refractivity contribution < 1.29 is 18.7 Å². The van der Waals surface area contributed by atoms with Gasteiger partial charge in [0.1, 0.15) is 11.6 Å². The van der Waals surface area contributed by atoms with E-state index >= 15 is 0 Å². The number of benzene rings is 1. The van der Waals surface area contributed by atoms with Crippen LogP contribution in [0.4, 0.5) is 8.78 Å². The maximum absolute atomic E-state index is 13.5. The minimum atomic E-state index is -1.57. The molecule has 0 spiro atoms. The van der Waals surface area contributed by atoms with Gasteiger partial charge in [-0.3, -0.25) is 4.79 Å². The minimum absolute atomic E-state index is 0.402. The molecule has 1 rings (SSSR count). The molecule has 82 valence electrons. The molecule has 0 aromatic heterocycles. The van der Waals surface area contributed by atoms with Crippen molar-refractivity contribution in [2.75, 3.05) is 0 Å². The summed E-state index contributed by atoms with van der Waals surface area (Å²) in [7, 11) is 0. The van der Waals surface area contributed by atoms with Crippen LogP contribution in [0, 0.1) is 18.6 Å². The van der Waals surface area contributed by atoms with Crippen LogP contribution < -0.4 is 0 Å². The fourth-order valence-corrected chi connectivity index (χ4v) is 1.40. The smallest absolute Gasteiger partial charge is 0.313 e. The van der Waals surface area contributed by atoms with Crippen molar-refractivity contribution in [3.05, 3.63) is 34.9 Å². The predicted molar refractivity (Wildman–Crippen MR) is 51.8 cm³/mol. The molecule has 1 aromatic carbocycles. The topological polar surface area (TPSA) is 37.3 Å². The van der Waals surface area contributed by atoms with Gasteiger partial charge in [-0.25, -0.2) is 8.78 Å². The van der Waals surface area contributed by atoms with Crippen LogP contribution >= 0.6 is 0 Å². The molecule has 1 N–H and O–H groups in total. The first kappa shape index (κ1) is 11.6. The highest BCUT2D eigenvalue weighted by atomic mass is 19.1. The molecule has 0 saturated heterocycles. The highest BCUT2D eigenvalue weighted by Gasteiger charge is 2.35. The number of hydrogen-bond donors (Lipinski definition) is 1. The van der Waals surface area contributed by atoms with Crippen LogP contribution in [0.3, 0.4) is 0 Å². The highest BCUT2D eigenvalue weighted by molar-refractivity contribution is 5.80. The maximum atomic E-state index is 13.5. The molecule has 2 nitrogen and oxygen atoms in total. The van der Waals surface area contributed by atoms with E-state index in [1.54, 1.807) is 6.92 Å². The molecule has 0 fully saturated rings. The van der Waals surface area contributed by atoms with Gasteiger partial charge < -0.3 is 5.11 Å². The lowest BCUT2D eigenvalue weighted by atomic mass is 9.83. The first-order valence-corrected chi connectivity index (χ1v) is 4.46. The molecule has 0 unspecified atom stereocenters. The average molecular weight is 214 g/mol. The zero-order valence-electron chi connectivity index (χ0n) is 8.77. The molecule has 1 aromatic rings. The van der Waals surface area contributed by atoms with Crippen LogP contribution in [0.2, 0.25) is 0 Å². The van der Waals surface area contributed by atoms with Gasteiger partial charge in [-0.15, -0.1) is 0 Å². The Morgan fingerprint density at radius 1 is 1.27 bits per heavy atom. The molecule has 0 saturated carbocycles. The van der Waals surface area contributed by atoms with E-state index in [0.29, 0.717) is 5.56 Å². The van der Waals surface area contributed by atoms with Gasteiger partial charge in [0.2, 0.25) is 0 Å². The third-order valence-corrected chi connectivity index (χ3v) is 2.35. The number of halogens is 2. The SMILES string of the molecule is Cc1cc(F)c(C(C)(C)C(=O)O)c(F)c1. The number of rotatable bonds is 2. The molecule has 0 atom stereocenters. The standard InChI is InChI=1S/C11H12F2O2/c1-6-4-7(12)9(8(13)5-6)11(2,3)10(14)15/h4-5H,1-3H3,(H,14,15). The van der Waals surface area contributed by atoms with E-state index < -0.39 is 28.6 Å². The zero-order chi connectivity index (χ0) is 11.8. The third-order valence-electron chi connectivity index (χ3n) is 2.35. The zero-order valence-corrected chi connectivity index (χ0v) is 8.77. The van der Waals surface area contributed by atoms with Crippen LogP contribution in [0.1, 0.15) is 25.0 Å². The van der Waals surface area contributed by atoms with E-state index in [2.05, 4.69) is 0 Å². The number of carboxylic acids is 1. The van der Waals surface area contributed by atoms with Crippen molar-refractivity contribution in [1.29, 1.82) is 0 Å². The summed E-state index contributed by atoms with van der Waals surface area (Å²) in [4.78, 5) is 10.9. The summed E-state index contributed by atoms with van der Waals surface area (Å²) in [5.41, 5.74) is -1.54. The Morgan fingerprint density at radius 3 is 2.00 bits per heavy atom. The molecular weight excluding hydrogens is 202 g/mol. The summed E-state index contributed by atoms with van der Waals surface area (Å²) in [6, 6.07) is 2.26. The van der Waals surface area contributed by atoms with E-state index in [0.717, 1.165) is 12.1 Å². The minimum Gasteiger partial charge on any atom is -0.481 e. The van der Waals surface area contributed by atoms with Gasteiger partial charge >= 0.3 is 5.97 Å². The van der Waals surface area contributed by atoms with Crippen LogP contribution in [-0.2, 0) is 10.2 Å². The molecule has 15 heavy (non-hydrogen) atoms. The molecular formula is C11H12F2O2. The van der Waals surface area contributed by atoms with Crippen molar-refractivity contribution >= 4 is 5.97 Å². The normalized spacial score (nSPS) is 11.5. The van der Waals surface area contributed by atoms with Gasteiger partial charge in [0.25, 0.3) is 0 Å². The first-order chi connectivity index (χ1) is 6.76. The summed E-state index contributed by atoms with van der Waals surface area (Å²) < 4.78 is 26.9. The Morgan fingerprint density at radius 2 is 1.67 bits per heavy atom. The lowest BCUT2D eigenvalue weighted by Gasteiger charge is -2.21. The van der Waals surface area contributed by atoms with Crippen molar-refractivity contribution in [3.63, 3.8) is 0 Å². The predicted octanol–water partition coefficient (Wildman–Crippen LogP) is 2.64. The van der Waals surface area contributed by atoms with E-state index in [1.165, 1.54) is 13.8 Å². The van der Waals surface area contributed by atoms with Crippen molar-refractivity contribution in [3.8, 4) is 0 Å². The summed E-state index contributed by atoms with van der Waals surface area (Å²) in [6.45, 7) is 4.09. The molecule has 0 aliphatic heterocycles. The van der Waals surface area contributed by atoms with Crippen LogP contribution in [0.5, 0.6) is 0 Å². The highest BCUT2D eigenvalue weighted by Crippen LogP contribution is 2.29. The first-order valence-electron chi connectivity index (χ1n) is 4.46. The lowest BCUT2D eigenvalue weighted by molar-refractivity contribution is -0.142. The van der Waals surface area contributed by atoms with Crippen molar-refractivity contribution in [2.24, 2.45) is 0 Å². The molecule has 0 bridgehead atoms. The molecule has 4 heteroatoms. The summed E-state index contributed by atoms with van der Waals surface area (Å²) in [5.74, 6) is -2.90. The van der Waals surface area contributed by atoms with Gasteiger partial charge in [0.15, 0.2) is 0 Å². The lowest BCUT2D eigenvalue weighted by Crippen LogP contribution is -2.31. The summed E-state index contributed by atoms with van der Waals surface area (Å²) in [5, 5.41) is 8.88. The van der Waals surface area contributed by atoms with Gasteiger partial charge in [0.05, 0.1) is 5.41 Å². The Labute approximate surface area is 86.5 Å². The monoisotopic (exact) mass is 214 g/mol. The van der Waals surface area contributed by atoms with Crippen LogP contribution in [-0.4, -0.2) is 11.1 Å². The number of aryl methyl sites for hydroxylation is 1. The van der Waals surface area contributed by atoms with Crippen LogP contribution in [0.15, 0.2) is 12.1 Å². The fourth-order valence-electron chi connectivity index (χ4n) is 1.40. The van der Waals surface area contributed by atoms with Gasteiger partial charge in [-0.1, -0.05) is 0 Å².